The van der Waals surface area contributed by atoms with Gasteiger partial charge in [0.25, 0.3) is 10.0 Å². The highest BCUT2D eigenvalue weighted by Crippen LogP contribution is 2.23. The van der Waals surface area contributed by atoms with Crippen LogP contribution in [0.4, 0.5) is 11.7 Å². The second-order valence-corrected chi connectivity index (χ2v) is 5.89. The molecule has 0 aliphatic rings. The van der Waals surface area contributed by atoms with E-state index in [9.17, 15) is 8.42 Å². The molecule has 0 saturated heterocycles. The van der Waals surface area contributed by atoms with Crippen LogP contribution in [-0.2, 0) is 10.0 Å². The molecule has 0 atom stereocenters. The van der Waals surface area contributed by atoms with Crippen LogP contribution < -0.4 is 10.5 Å². The summed E-state index contributed by atoms with van der Waals surface area (Å²) in [5.74, 6) is 0.345. The van der Waals surface area contributed by atoms with Gasteiger partial charge in [0.15, 0.2) is 5.82 Å². The van der Waals surface area contributed by atoms with E-state index in [1.807, 2.05) is 6.92 Å². The van der Waals surface area contributed by atoms with E-state index in [0.717, 1.165) is 11.1 Å². The van der Waals surface area contributed by atoms with Crippen molar-refractivity contribution in [3.8, 4) is 0 Å². The molecule has 0 amide bonds. The zero-order valence-corrected chi connectivity index (χ0v) is 11.6. The Bertz CT molecular complexity index is 698. The van der Waals surface area contributed by atoms with Gasteiger partial charge in [-0.2, -0.15) is 4.98 Å². The molecular formula is C11H14N4O3S. The van der Waals surface area contributed by atoms with Crippen molar-refractivity contribution in [2.75, 3.05) is 10.5 Å². The Kier molecular flexibility index (Phi) is 3.19. The van der Waals surface area contributed by atoms with Crippen LogP contribution in [0.15, 0.2) is 21.6 Å². The number of nitrogen functional groups attached to an aromatic ring is 1. The molecule has 0 spiro atoms. The number of anilines is 2. The molecule has 3 N–H and O–H groups in total. The number of aryl methyl sites for hydroxylation is 2. The molecule has 102 valence electrons. The highest BCUT2D eigenvalue weighted by molar-refractivity contribution is 7.92. The minimum atomic E-state index is -3.79. The molecule has 1 aromatic heterocycles. The lowest BCUT2D eigenvalue weighted by Crippen LogP contribution is -2.14. The Morgan fingerprint density at radius 2 is 1.95 bits per heavy atom. The number of hydrogen-bond acceptors (Lipinski definition) is 6. The lowest BCUT2D eigenvalue weighted by atomic mass is 10.1. The van der Waals surface area contributed by atoms with E-state index in [1.165, 1.54) is 12.1 Å². The van der Waals surface area contributed by atoms with Gasteiger partial charge in [-0.3, -0.25) is 0 Å². The quantitative estimate of drug-likeness (QED) is 0.823. The average Bonchev–Trinajstić information content (AvgIpc) is 2.70. The molecule has 0 fully saturated rings. The standard InChI is InChI=1S/C11H14N4O3S/c1-6-4-9(5-10(12)7(6)2)19(16,17)15-11-13-8(3)14-18-11/h4-5H,12H2,1-3H3,(H,13,14,15). The molecule has 1 heterocycles. The molecule has 0 radical (unpaired) electrons. The Morgan fingerprint density at radius 3 is 2.47 bits per heavy atom. The monoisotopic (exact) mass is 282 g/mol. The van der Waals surface area contributed by atoms with Crippen LogP contribution in [0.5, 0.6) is 0 Å². The normalized spacial score (nSPS) is 11.5. The van der Waals surface area contributed by atoms with Crippen molar-refractivity contribution in [3.63, 3.8) is 0 Å². The molecule has 2 rings (SSSR count). The number of rotatable bonds is 3. The maximum Gasteiger partial charge on any atom is 0.335 e. The molecule has 0 saturated carbocycles. The highest BCUT2D eigenvalue weighted by Gasteiger charge is 2.19. The zero-order valence-electron chi connectivity index (χ0n) is 10.8. The van der Waals surface area contributed by atoms with Gasteiger partial charge in [0.2, 0.25) is 0 Å². The SMILES string of the molecule is Cc1noc(NS(=O)(=O)c2cc(C)c(C)c(N)c2)n1. The van der Waals surface area contributed by atoms with Crippen molar-refractivity contribution >= 4 is 21.7 Å². The Hall–Kier alpha value is -2.09. The van der Waals surface area contributed by atoms with Gasteiger partial charge in [-0.25, -0.2) is 13.1 Å². The van der Waals surface area contributed by atoms with Crippen molar-refractivity contribution in [1.29, 1.82) is 0 Å². The van der Waals surface area contributed by atoms with Gasteiger partial charge in [0.1, 0.15) is 0 Å². The number of nitrogens with two attached hydrogens (primary N) is 1. The Balaban J connectivity index is 2.40. The lowest BCUT2D eigenvalue weighted by molar-refractivity contribution is 0.429. The first-order chi connectivity index (χ1) is 8.79. The second kappa shape index (κ2) is 4.54. The summed E-state index contributed by atoms with van der Waals surface area (Å²) in [7, 11) is -3.79. The van der Waals surface area contributed by atoms with Crippen LogP contribution in [-0.4, -0.2) is 18.6 Å². The number of hydrogen-bond donors (Lipinski definition) is 2. The van der Waals surface area contributed by atoms with Gasteiger partial charge < -0.3 is 10.3 Å². The smallest absolute Gasteiger partial charge is 0.335 e. The Labute approximate surface area is 110 Å². The van der Waals surface area contributed by atoms with Crippen LogP contribution in [0.1, 0.15) is 17.0 Å². The predicted octanol–water partition coefficient (Wildman–Crippen LogP) is 1.38. The number of sulfonamides is 1. The van der Waals surface area contributed by atoms with Crippen LogP contribution >= 0.6 is 0 Å². The highest BCUT2D eigenvalue weighted by atomic mass is 32.2. The molecule has 19 heavy (non-hydrogen) atoms. The van der Waals surface area contributed by atoms with Crippen LogP contribution in [0.2, 0.25) is 0 Å². The number of nitrogens with zero attached hydrogens (tertiary/aromatic N) is 2. The first-order valence-corrected chi connectivity index (χ1v) is 6.98. The van der Waals surface area contributed by atoms with E-state index in [0.29, 0.717) is 11.5 Å². The molecule has 0 aliphatic heterocycles. The summed E-state index contributed by atoms with van der Waals surface area (Å²) in [4.78, 5) is 3.84. The van der Waals surface area contributed by atoms with Crippen molar-refractivity contribution in [2.24, 2.45) is 0 Å². The summed E-state index contributed by atoms with van der Waals surface area (Å²) in [5.41, 5.74) is 7.84. The van der Waals surface area contributed by atoms with Gasteiger partial charge in [0.05, 0.1) is 4.90 Å². The minimum absolute atomic E-state index is 0.0592. The topological polar surface area (TPSA) is 111 Å². The van der Waals surface area contributed by atoms with Crippen molar-refractivity contribution in [2.45, 2.75) is 25.7 Å². The fourth-order valence-electron chi connectivity index (χ4n) is 1.52. The number of benzene rings is 1. The summed E-state index contributed by atoms with van der Waals surface area (Å²) in [6, 6.07) is 2.76. The number of aromatic nitrogens is 2. The summed E-state index contributed by atoms with van der Waals surface area (Å²) >= 11 is 0. The predicted molar refractivity (Wildman–Crippen MR) is 70.2 cm³/mol. The molecule has 0 aliphatic carbocycles. The molecule has 0 unspecified atom stereocenters. The zero-order chi connectivity index (χ0) is 14.2. The van der Waals surface area contributed by atoms with Crippen LogP contribution in [0, 0.1) is 20.8 Å². The maximum absolute atomic E-state index is 12.1. The lowest BCUT2D eigenvalue weighted by Gasteiger charge is -2.09. The van der Waals surface area contributed by atoms with Gasteiger partial charge >= 0.3 is 6.01 Å². The van der Waals surface area contributed by atoms with E-state index in [2.05, 4.69) is 14.9 Å². The third-order valence-corrected chi connectivity index (χ3v) is 4.04. The van der Waals surface area contributed by atoms with Gasteiger partial charge in [-0.15, -0.1) is 0 Å². The van der Waals surface area contributed by atoms with E-state index in [-0.39, 0.29) is 10.9 Å². The summed E-state index contributed by atoms with van der Waals surface area (Å²) in [6.07, 6.45) is 0. The maximum atomic E-state index is 12.1. The first-order valence-electron chi connectivity index (χ1n) is 5.49. The van der Waals surface area contributed by atoms with Crippen molar-refractivity contribution in [3.05, 3.63) is 29.1 Å². The molecule has 2 aromatic rings. The first kappa shape index (κ1) is 13.3. The largest absolute Gasteiger partial charge is 0.398 e. The minimum Gasteiger partial charge on any atom is -0.398 e. The van der Waals surface area contributed by atoms with Gasteiger partial charge in [-0.1, -0.05) is 5.16 Å². The molecule has 1 aromatic carbocycles. The fourth-order valence-corrected chi connectivity index (χ4v) is 2.56. The molecule has 7 nitrogen and oxygen atoms in total. The van der Waals surface area contributed by atoms with Crippen LogP contribution in [0.25, 0.3) is 0 Å². The van der Waals surface area contributed by atoms with Gasteiger partial charge in [0, 0.05) is 5.69 Å². The summed E-state index contributed by atoms with van der Waals surface area (Å²) < 4.78 is 31.2. The fraction of sp³-hybridized carbons (Fsp3) is 0.273. The molecule has 0 bridgehead atoms. The van der Waals surface area contributed by atoms with E-state index in [1.54, 1.807) is 13.8 Å². The third kappa shape index (κ3) is 2.68. The van der Waals surface area contributed by atoms with E-state index >= 15 is 0 Å². The number of nitrogens with one attached hydrogen (secondary N) is 1. The van der Waals surface area contributed by atoms with Gasteiger partial charge in [-0.05, 0) is 44.0 Å². The second-order valence-electron chi connectivity index (χ2n) is 4.21. The average molecular weight is 282 g/mol. The van der Waals surface area contributed by atoms with E-state index in [4.69, 9.17) is 10.3 Å². The molecular weight excluding hydrogens is 268 g/mol. The third-order valence-electron chi connectivity index (χ3n) is 2.74. The summed E-state index contributed by atoms with van der Waals surface area (Å²) in [5, 5.41) is 3.51. The molecule has 8 heteroatoms. The Morgan fingerprint density at radius 1 is 1.26 bits per heavy atom. The van der Waals surface area contributed by atoms with Crippen LogP contribution in [0.3, 0.4) is 0 Å². The van der Waals surface area contributed by atoms with Crippen molar-refractivity contribution in [1.82, 2.24) is 10.1 Å². The summed E-state index contributed by atoms with van der Waals surface area (Å²) in [6.45, 7) is 5.22. The van der Waals surface area contributed by atoms with Crippen molar-refractivity contribution < 1.29 is 12.9 Å². The van der Waals surface area contributed by atoms with E-state index < -0.39 is 10.0 Å².